The molecule has 0 bridgehead atoms. The quantitative estimate of drug-likeness (QED) is 0.499. The molecule has 1 aliphatic heterocycles. The largest absolute Gasteiger partial charge is 0.494 e. The predicted octanol–water partition coefficient (Wildman–Crippen LogP) is 0.385. The van der Waals surface area contributed by atoms with Gasteiger partial charge in [0.25, 0.3) is 0 Å². The first kappa shape index (κ1) is 9.43. The fourth-order valence-electron chi connectivity index (χ4n) is 1.47. The monoisotopic (exact) mass is 190 g/mol. The fourth-order valence-corrected chi connectivity index (χ4v) is 1.47. The molecule has 3 nitrogen and oxygen atoms in total. The van der Waals surface area contributed by atoms with Crippen LogP contribution in [-0.4, -0.2) is 25.6 Å². The number of carbonyl (C=O) groups excluding carboxylic acids is 1. The highest BCUT2D eigenvalue weighted by Gasteiger charge is 2.37. The lowest BCUT2D eigenvalue weighted by atomic mass is 9.79. The maximum absolute atomic E-state index is 10.6. The van der Waals surface area contributed by atoms with Crippen LogP contribution in [0.15, 0.2) is 30.3 Å². The number of hydrogen-bond acceptors (Lipinski definition) is 3. The molecule has 0 spiro atoms. The number of benzene rings is 1. The predicted molar refractivity (Wildman–Crippen MR) is 53.3 cm³/mol. The van der Waals surface area contributed by atoms with Crippen molar-refractivity contribution in [3.8, 4) is 0 Å². The van der Waals surface area contributed by atoms with E-state index in [1.807, 2.05) is 37.3 Å². The third kappa shape index (κ3) is 1.71. The van der Waals surface area contributed by atoms with Crippen LogP contribution in [0, 0.1) is 0 Å². The van der Waals surface area contributed by atoms with E-state index in [0.29, 0.717) is 0 Å². The lowest BCUT2D eigenvalue weighted by Gasteiger charge is -2.03. The number of hydrogen-bond donors (Lipinski definition) is 0. The molecule has 72 valence electrons. The maximum Gasteiger partial charge on any atom is 0.494 e. The van der Waals surface area contributed by atoms with E-state index in [-0.39, 0.29) is 6.10 Å². The lowest BCUT2D eigenvalue weighted by Crippen LogP contribution is -2.32. The van der Waals surface area contributed by atoms with E-state index in [0.717, 1.165) is 11.7 Å². The summed E-state index contributed by atoms with van der Waals surface area (Å²) in [7, 11) is -0.401. The van der Waals surface area contributed by atoms with Crippen molar-refractivity contribution in [3.63, 3.8) is 0 Å². The highest BCUT2D eigenvalue weighted by Crippen LogP contribution is 2.14. The first-order chi connectivity index (χ1) is 6.81. The van der Waals surface area contributed by atoms with E-state index in [9.17, 15) is 4.79 Å². The van der Waals surface area contributed by atoms with Gasteiger partial charge in [-0.3, -0.25) is 0 Å². The molecule has 2 atom stereocenters. The molecule has 0 aliphatic carbocycles. The third-order valence-corrected chi connectivity index (χ3v) is 2.29. The van der Waals surface area contributed by atoms with Crippen LogP contribution in [0.2, 0.25) is 0 Å². The summed E-state index contributed by atoms with van der Waals surface area (Å²) in [4.78, 5) is 10.6. The molecule has 1 aromatic rings. The molecule has 1 aromatic carbocycles. The Morgan fingerprint density at radius 3 is 2.57 bits per heavy atom. The van der Waals surface area contributed by atoms with Crippen LogP contribution in [0.1, 0.15) is 6.92 Å². The van der Waals surface area contributed by atoms with E-state index in [2.05, 4.69) is 0 Å². The minimum absolute atomic E-state index is 0.169. The third-order valence-electron chi connectivity index (χ3n) is 2.29. The Morgan fingerprint density at radius 1 is 1.29 bits per heavy atom. The van der Waals surface area contributed by atoms with Crippen molar-refractivity contribution in [2.24, 2.45) is 0 Å². The van der Waals surface area contributed by atoms with Crippen LogP contribution in [0.4, 0.5) is 0 Å². The van der Waals surface area contributed by atoms with Crippen molar-refractivity contribution in [3.05, 3.63) is 30.3 Å². The molecule has 1 heterocycles. The summed E-state index contributed by atoms with van der Waals surface area (Å²) in [6, 6.07) is 9.61. The molecule has 2 rings (SSSR count). The molecule has 14 heavy (non-hydrogen) atoms. The second-order valence-electron chi connectivity index (χ2n) is 3.32. The van der Waals surface area contributed by atoms with E-state index in [4.69, 9.17) is 9.31 Å². The minimum Gasteiger partial charge on any atom is -0.402 e. The number of aldehydes is 1. The van der Waals surface area contributed by atoms with Gasteiger partial charge in [-0.05, 0) is 12.4 Å². The summed E-state index contributed by atoms with van der Waals surface area (Å²) in [5.74, 6) is 0. The van der Waals surface area contributed by atoms with Gasteiger partial charge in [0.1, 0.15) is 12.4 Å². The van der Waals surface area contributed by atoms with Gasteiger partial charge in [-0.15, -0.1) is 0 Å². The van der Waals surface area contributed by atoms with Crippen LogP contribution in [0.5, 0.6) is 0 Å². The SMILES string of the molecule is CC1OB(c2ccccc2)OC1C=O. The van der Waals surface area contributed by atoms with Gasteiger partial charge in [-0.2, -0.15) is 0 Å². The van der Waals surface area contributed by atoms with Gasteiger partial charge in [0.15, 0.2) is 0 Å². The normalized spacial score (nSPS) is 26.5. The Labute approximate surface area is 83.2 Å². The van der Waals surface area contributed by atoms with Gasteiger partial charge >= 0.3 is 7.12 Å². The average Bonchev–Trinajstić information content (AvgIpc) is 2.61. The Kier molecular flexibility index (Phi) is 2.66. The van der Waals surface area contributed by atoms with Crippen molar-refractivity contribution in [1.82, 2.24) is 0 Å². The van der Waals surface area contributed by atoms with Crippen molar-refractivity contribution >= 4 is 18.9 Å². The van der Waals surface area contributed by atoms with Gasteiger partial charge < -0.3 is 14.1 Å². The molecule has 1 aliphatic rings. The zero-order valence-corrected chi connectivity index (χ0v) is 7.92. The summed E-state index contributed by atoms with van der Waals surface area (Å²) < 4.78 is 10.9. The molecule has 0 N–H and O–H groups in total. The topological polar surface area (TPSA) is 35.5 Å². The zero-order valence-electron chi connectivity index (χ0n) is 7.92. The zero-order chi connectivity index (χ0) is 9.97. The molecule has 0 aromatic heterocycles. The van der Waals surface area contributed by atoms with Gasteiger partial charge in [0.2, 0.25) is 0 Å². The van der Waals surface area contributed by atoms with Crippen LogP contribution in [0.3, 0.4) is 0 Å². The molecule has 0 saturated carbocycles. The highest BCUT2D eigenvalue weighted by atomic mass is 16.7. The first-order valence-corrected chi connectivity index (χ1v) is 4.62. The summed E-state index contributed by atoms with van der Waals surface area (Å²) in [6.07, 6.45) is 0.172. The minimum atomic E-state index is -0.444. The smallest absolute Gasteiger partial charge is 0.402 e. The molecule has 1 saturated heterocycles. The Morgan fingerprint density at radius 2 is 2.00 bits per heavy atom. The van der Waals surface area contributed by atoms with Crippen molar-refractivity contribution in [2.45, 2.75) is 19.1 Å². The van der Waals surface area contributed by atoms with Crippen molar-refractivity contribution in [1.29, 1.82) is 0 Å². The Bertz CT molecular complexity index is 314. The second kappa shape index (κ2) is 3.94. The van der Waals surface area contributed by atoms with Crippen LogP contribution in [-0.2, 0) is 14.1 Å². The highest BCUT2D eigenvalue weighted by molar-refractivity contribution is 6.62. The second-order valence-corrected chi connectivity index (χ2v) is 3.32. The Hall–Kier alpha value is -1.13. The van der Waals surface area contributed by atoms with Crippen molar-refractivity contribution < 1.29 is 14.1 Å². The van der Waals surface area contributed by atoms with E-state index < -0.39 is 13.2 Å². The summed E-state index contributed by atoms with van der Waals surface area (Å²) in [5, 5.41) is 0. The summed E-state index contributed by atoms with van der Waals surface area (Å²) in [5.41, 5.74) is 0.948. The van der Waals surface area contributed by atoms with E-state index in [1.54, 1.807) is 0 Å². The van der Waals surface area contributed by atoms with Gasteiger partial charge in [-0.25, -0.2) is 0 Å². The summed E-state index contributed by atoms with van der Waals surface area (Å²) >= 11 is 0. The maximum atomic E-state index is 10.6. The molecule has 2 unspecified atom stereocenters. The van der Waals surface area contributed by atoms with Gasteiger partial charge in [0, 0.05) is 0 Å². The molecule has 1 fully saturated rings. The molecule has 0 amide bonds. The van der Waals surface area contributed by atoms with E-state index >= 15 is 0 Å². The fraction of sp³-hybridized carbons (Fsp3) is 0.300. The average molecular weight is 190 g/mol. The molecular weight excluding hydrogens is 179 g/mol. The van der Waals surface area contributed by atoms with Crippen LogP contribution in [0.25, 0.3) is 0 Å². The summed E-state index contributed by atoms with van der Waals surface area (Å²) in [6.45, 7) is 1.84. The molecule has 0 radical (unpaired) electrons. The Balaban J connectivity index is 2.12. The van der Waals surface area contributed by atoms with Crippen LogP contribution >= 0.6 is 0 Å². The number of rotatable bonds is 2. The molecular formula is C10H11BO3. The number of carbonyl (C=O) groups is 1. The first-order valence-electron chi connectivity index (χ1n) is 4.62. The van der Waals surface area contributed by atoms with Crippen molar-refractivity contribution in [2.75, 3.05) is 0 Å². The lowest BCUT2D eigenvalue weighted by molar-refractivity contribution is -0.114. The van der Waals surface area contributed by atoms with Gasteiger partial charge in [0.05, 0.1) is 6.10 Å². The standard InChI is InChI=1S/C10H11BO3/c1-8-10(7-12)14-11(13-8)9-5-3-2-4-6-9/h2-8,10H,1H3. The van der Waals surface area contributed by atoms with Crippen LogP contribution < -0.4 is 5.46 Å². The van der Waals surface area contributed by atoms with E-state index in [1.165, 1.54) is 0 Å². The van der Waals surface area contributed by atoms with Gasteiger partial charge in [-0.1, -0.05) is 30.3 Å². The molecule has 4 heteroatoms.